The predicted molar refractivity (Wildman–Crippen MR) is 295 cm³/mol. The standard InChI is InChI=1S/C30H29N7S.C24H18N6S.C2H6/c1-17(2)11-18(3)33-21-12-20(9-10-31-14-21)24-6-7-25-29(35-24)30(37-36-25)26-13-22-23(15-32-16-27(22)34-26)28-8-5-19(4)38-28;1-13-7-8-25-10-16(13)18-4-5-19-23(28-18)24(30-29-19)20-9-15-17(11-26-12-21(15)27-20)22-6-3-14(2)31-22;1-2/h5-9,12-17,33-34H,3,10-11H2,1-2,4H3,(H,36,37);3-12,27H,1-2H3,(H,29,30);1-2H3. The van der Waals surface area contributed by atoms with E-state index in [9.17, 15) is 0 Å². The van der Waals surface area contributed by atoms with Crippen LogP contribution in [-0.2, 0) is 0 Å². The Balaban J connectivity index is 0.000000161. The van der Waals surface area contributed by atoms with Gasteiger partial charge in [0.05, 0.1) is 69.5 Å². The second kappa shape index (κ2) is 20.1. The Morgan fingerprint density at radius 2 is 1.23 bits per heavy atom. The van der Waals surface area contributed by atoms with Gasteiger partial charge in [-0.3, -0.25) is 30.1 Å². The van der Waals surface area contributed by atoms with E-state index in [4.69, 9.17) is 9.97 Å². The first-order chi connectivity index (χ1) is 34.6. The van der Waals surface area contributed by atoms with E-state index < -0.39 is 0 Å². The summed E-state index contributed by atoms with van der Waals surface area (Å²) in [6.45, 7) is 19.4. The number of aliphatic imine (C=N–C) groups is 1. The van der Waals surface area contributed by atoms with Crippen LogP contribution in [0, 0.1) is 26.7 Å². The zero-order valence-corrected chi connectivity index (χ0v) is 42.3. The molecule has 0 amide bonds. The fourth-order valence-electron chi connectivity index (χ4n) is 8.69. The Kier molecular flexibility index (Phi) is 13.2. The number of hydrogen-bond acceptors (Lipinski definition) is 11. The van der Waals surface area contributed by atoms with E-state index in [1.807, 2.05) is 81.4 Å². The van der Waals surface area contributed by atoms with Crippen LogP contribution in [0.1, 0.15) is 55.1 Å². The zero-order chi connectivity index (χ0) is 49.2. The maximum Gasteiger partial charge on any atom is 0.135 e. The summed E-state index contributed by atoms with van der Waals surface area (Å²) in [6.07, 6.45) is 18.2. The van der Waals surface area contributed by atoms with E-state index in [0.717, 1.165) is 124 Å². The lowest BCUT2D eigenvalue weighted by Gasteiger charge is -2.12. The van der Waals surface area contributed by atoms with Crippen molar-refractivity contribution < 1.29 is 0 Å². The monoisotopic (exact) mass is 971 g/mol. The van der Waals surface area contributed by atoms with Crippen LogP contribution in [0.3, 0.4) is 0 Å². The third kappa shape index (κ3) is 9.61. The Hall–Kier alpha value is -8.14. The van der Waals surface area contributed by atoms with E-state index in [2.05, 4.69) is 145 Å². The van der Waals surface area contributed by atoms with Crippen molar-refractivity contribution in [2.45, 2.75) is 54.9 Å². The van der Waals surface area contributed by atoms with Gasteiger partial charge in [-0.2, -0.15) is 10.2 Å². The molecule has 5 N–H and O–H groups in total. The van der Waals surface area contributed by atoms with Crippen LogP contribution in [0.15, 0.2) is 139 Å². The highest BCUT2D eigenvalue weighted by Crippen LogP contribution is 2.38. The number of pyridine rings is 5. The van der Waals surface area contributed by atoms with Crippen LogP contribution < -0.4 is 5.32 Å². The van der Waals surface area contributed by atoms with Crippen molar-refractivity contribution in [1.29, 1.82) is 0 Å². The number of thiophene rings is 2. The van der Waals surface area contributed by atoms with Crippen molar-refractivity contribution >= 4 is 78.3 Å². The number of fused-ring (bicyclic) bond motifs is 4. The Labute approximate surface area is 419 Å². The number of aromatic nitrogens is 11. The highest BCUT2D eigenvalue weighted by atomic mass is 32.1. The van der Waals surface area contributed by atoms with E-state index in [0.29, 0.717) is 12.5 Å². The van der Waals surface area contributed by atoms with E-state index in [1.54, 1.807) is 28.9 Å². The van der Waals surface area contributed by atoms with Gasteiger partial charge in [-0.05, 0) is 111 Å². The molecule has 0 radical (unpaired) electrons. The molecular weight excluding hydrogens is 919 g/mol. The number of nitrogens with one attached hydrogen (secondary N) is 5. The summed E-state index contributed by atoms with van der Waals surface area (Å²) >= 11 is 3.54. The number of H-pyrrole nitrogens is 4. The molecule has 71 heavy (non-hydrogen) atoms. The van der Waals surface area contributed by atoms with Crippen molar-refractivity contribution in [2.75, 3.05) is 6.54 Å². The van der Waals surface area contributed by atoms with E-state index in [-0.39, 0.29) is 0 Å². The molecule has 13 nitrogen and oxygen atoms in total. The molecule has 0 atom stereocenters. The van der Waals surface area contributed by atoms with Gasteiger partial charge < -0.3 is 15.3 Å². The highest BCUT2D eigenvalue weighted by molar-refractivity contribution is 7.15. The third-order valence-electron chi connectivity index (χ3n) is 12.0. The van der Waals surface area contributed by atoms with Crippen LogP contribution in [-0.4, -0.2) is 68.0 Å². The average Bonchev–Trinajstić information content (AvgIpc) is 4.25. The first-order valence-corrected chi connectivity index (χ1v) is 25.3. The summed E-state index contributed by atoms with van der Waals surface area (Å²) in [6, 6.07) is 22.9. The fraction of sp³-hybridized carbons (Fsp3) is 0.179. The van der Waals surface area contributed by atoms with Crippen LogP contribution in [0.25, 0.3) is 104 Å². The largest absolute Gasteiger partial charge is 0.358 e. The predicted octanol–water partition coefficient (Wildman–Crippen LogP) is 14.0. The van der Waals surface area contributed by atoms with Gasteiger partial charge in [-0.1, -0.05) is 40.3 Å². The van der Waals surface area contributed by atoms with Crippen LogP contribution in [0.5, 0.6) is 0 Å². The number of aromatic amines is 4. The second-order valence-corrected chi connectivity index (χ2v) is 20.2. The molecule has 12 heterocycles. The maximum atomic E-state index is 5.05. The minimum atomic E-state index is 0.530. The lowest BCUT2D eigenvalue weighted by Crippen LogP contribution is -2.14. The first-order valence-electron chi connectivity index (χ1n) is 23.7. The molecule has 0 fully saturated rings. The van der Waals surface area contributed by atoms with Crippen molar-refractivity contribution in [3.63, 3.8) is 0 Å². The normalized spacial score (nSPS) is 12.5. The zero-order valence-electron chi connectivity index (χ0n) is 40.6. The van der Waals surface area contributed by atoms with Gasteiger partial charge in [0.15, 0.2) is 0 Å². The van der Waals surface area contributed by atoms with Gasteiger partial charge in [0, 0.05) is 89.2 Å². The molecule has 11 aromatic heterocycles. The summed E-state index contributed by atoms with van der Waals surface area (Å²) in [7, 11) is 0. The molecular formula is C56H53N13S2. The second-order valence-electron chi connectivity index (χ2n) is 17.6. The van der Waals surface area contributed by atoms with Crippen molar-refractivity contribution in [2.24, 2.45) is 10.9 Å². The fourth-order valence-corrected chi connectivity index (χ4v) is 10.5. The number of allylic oxidation sites excluding steroid dienone is 4. The molecule has 12 rings (SSSR count). The molecule has 0 aliphatic carbocycles. The summed E-state index contributed by atoms with van der Waals surface area (Å²) in [4.78, 5) is 39.6. The Morgan fingerprint density at radius 1 is 0.662 bits per heavy atom. The van der Waals surface area contributed by atoms with Gasteiger partial charge in [0.25, 0.3) is 0 Å². The number of aryl methyl sites for hydroxylation is 3. The van der Waals surface area contributed by atoms with Gasteiger partial charge >= 0.3 is 0 Å². The van der Waals surface area contributed by atoms with Gasteiger partial charge in [0.2, 0.25) is 0 Å². The summed E-state index contributed by atoms with van der Waals surface area (Å²) in [5.74, 6) is 0.530. The third-order valence-corrected chi connectivity index (χ3v) is 14.0. The lowest BCUT2D eigenvalue weighted by molar-refractivity contribution is 0.623. The molecule has 0 aromatic carbocycles. The molecule has 0 saturated carbocycles. The quantitative estimate of drug-likeness (QED) is 0.0899. The minimum Gasteiger partial charge on any atom is -0.358 e. The lowest BCUT2D eigenvalue weighted by atomic mass is 10.1. The van der Waals surface area contributed by atoms with E-state index >= 15 is 0 Å². The molecule has 1 aliphatic heterocycles. The van der Waals surface area contributed by atoms with Gasteiger partial charge in [-0.25, -0.2) is 9.97 Å². The summed E-state index contributed by atoms with van der Waals surface area (Å²) in [5, 5.41) is 21.1. The number of hydrogen-bond donors (Lipinski definition) is 5. The first kappa shape index (κ1) is 46.6. The van der Waals surface area contributed by atoms with Crippen molar-refractivity contribution in [1.82, 2.24) is 60.6 Å². The Bertz CT molecular complexity index is 3830. The molecule has 11 aromatic rings. The number of rotatable bonds is 10. The molecule has 1 aliphatic rings. The van der Waals surface area contributed by atoms with Gasteiger partial charge in [0.1, 0.15) is 22.4 Å². The molecule has 0 unspecified atom stereocenters. The SMILES string of the molecule is C=C(CC(C)C)NC1=CC(c2ccc3[nH]nc(-c4cc5c(-c6ccc(C)s6)cncc5[nH]4)c3n2)=CCN=C1.CC.Cc1ccc(-c2cncc3[nH]c(-c4n[nH]c5ccc(-c6cnccc6C)nc45)cc23)s1. The van der Waals surface area contributed by atoms with Crippen molar-refractivity contribution in [3.8, 4) is 54.9 Å². The summed E-state index contributed by atoms with van der Waals surface area (Å²) < 4.78 is 0. The van der Waals surface area contributed by atoms with Crippen LogP contribution in [0.2, 0.25) is 0 Å². The molecule has 15 heteroatoms. The van der Waals surface area contributed by atoms with Crippen molar-refractivity contribution in [3.05, 3.63) is 155 Å². The smallest absolute Gasteiger partial charge is 0.135 e. The Morgan fingerprint density at radius 3 is 1.77 bits per heavy atom. The summed E-state index contributed by atoms with van der Waals surface area (Å²) in [5.41, 5.74) is 17.8. The van der Waals surface area contributed by atoms with E-state index in [1.165, 1.54) is 19.5 Å². The molecule has 354 valence electrons. The number of nitrogens with zero attached hydrogens (tertiary/aromatic N) is 8. The van der Waals surface area contributed by atoms with Crippen LogP contribution in [0.4, 0.5) is 0 Å². The van der Waals surface area contributed by atoms with Gasteiger partial charge in [-0.15, -0.1) is 22.7 Å². The highest BCUT2D eigenvalue weighted by Gasteiger charge is 2.19. The average molecular weight is 972 g/mol. The molecule has 0 spiro atoms. The molecule has 0 saturated heterocycles. The minimum absolute atomic E-state index is 0.530. The topological polar surface area (TPSA) is 178 Å². The molecule has 0 bridgehead atoms. The van der Waals surface area contributed by atoms with Crippen LogP contribution >= 0.6 is 22.7 Å². The maximum absolute atomic E-state index is 5.05.